The molecule has 0 bridgehead atoms. The molecule has 31 heavy (non-hydrogen) atoms. The number of carbonyl (C=O) groups excluding carboxylic acids is 1. The predicted molar refractivity (Wildman–Crippen MR) is 114 cm³/mol. The molecule has 1 aromatic carbocycles. The molecule has 1 N–H and O–H groups in total. The number of benzene rings is 1. The Hall–Kier alpha value is -3.23. The van der Waals surface area contributed by atoms with E-state index in [1.165, 1.54) is 7.11 Å². The van der Waals surface area contributed by atoms with Crippen molar-refractivity contribution in [3.63, 3.8) is 0 Å². The Labute approximate surface area is 179 Å². The summed E-state index contributed by atoms with van der Waals surface area (Å²) in [5.41, 5.74) is 2.14. The molecule has 0 atom stereocenters. The Morgan fingerprint density at radius 3 is 2.48 bits per heavy atom. The van der Waals surface area contributed by atoms with Gasteiger partial charge in [0.2, 0.25) is 0 Å². The minimum absolute atomic E-state index is 0. The van der Waals surface area contributed by atoms with Gasteiger partial charge in [-0.3, -0.25) is 14.3 Å². The summed E-state index contributed by atoms with van der Waals surface area (Å²) in [5, 5.41) is 0. The molecule has 166 valence electrons. The van der Waals surface area contributed by atoms with E-state index in [1.807, 2.05) is 19.9 Å². The lowest BCUT2D eigenvalue weighted by Crippen LogP contribution is -2.38. The summed E-state index contributed by atoms with van der Waals surface area (Å²) in [4.78, 5) is 33.9. The molecule has 0 unspecified atom stereocenters. The van der Waals surface area contributed by atoms with Gasteiger partial charge in [0.05, 0.1) is 12.6 Å². The molecule has 1 saturated heterocycles. The van der Waals surface area contributed by atoms with Crippen molar-refractivity contribution in [1.82, 2.24) is 19.4 Å². The van der Waals surface area contributed by atoms with E-state index in [0.717, 1.165) is 23.2 Å². The van der Waals surface area contributed by atoms with Crippen LogP contribution in [0.5, 0.6) is 5.75 Å². The van der Waals surface area contributed by atoms with E-state index in [1.54, 1.807) is 15.7 Å². The molecule has 3 heterocycles. The molecular formula is C22H26F2N4O3. The third kappa shape index (κ3) is 3.68. The maximum absolute atomic E-state index is 14.0. The highest BCUT2D eigenvalue weighted by atomic mass is 19.1. The lowest BCUT2D eigenvalue weighted by atomic mass is 9.89. The van der Waals surface area contributed by atoms with Crippen molar-refractivity contribution in [3.05, 3.63) is 57.6 Å². The standard InChI is InChI=1S/C22H24F2N4O3.H2/c1-12(2)28-18-15(4-7-25-20(18)26-22(28)30)13-5-8-27(9-6-13)21(29)14-10-16(23)19(31-3)17(24)11-14;/h4,7,10-13H,5-6,8-9H2,1-3H3,(H,25,26,30);1H. The molecule has 9 heteroatoms. The van der Waals surface area contributed by atoms with Crippen LogP contribution in [0.3, 0.4) is 0 Å². The van der Waals surface area contributed by atoms with Crippen LogP contribution >= 0.6 is 0 Å². The van der Waals surface area contributed by atoms with Gasteiger partial charge in [-0.2, -0.15) is 0 Å². The number of likely N-dealkylation sites (tertiary alicyclic amines) is 1. The maximum atomic E-state index is 14.0. The molecule has 3 aromatic rings. The highest BCUT2D eigenvalue weighted by Crippen LogP contribution is 2.33. The Bertz CT molecular complexity index is 1180. The molecule has 0 saturated carbocycles. The number of aromatic amines is 1. The van der Waals surface area contributed by atoms with Gasteiger partial charge in [-0.05, 0) is 56.4 Å². The summed E-state index contributed by atoms with van der Waals surface area (Å²) < 4.78 is 34.4. The predicted octanol–water partition coefficient (Wildman–Crippen LogP) is 3.86. The van der Waals surface area contributed by atoms with Crippen molar-refractivity contribution < 1.29 is 19.7 Å². The second-order valence-electron chi connectivity index (χ2n) is 8.03. The third-order valence-corrected chi connectivity index (χ3v) is 5.83. The van der Waals surface area contributed by atoms with Gasteiger partial charge in [0.25, 0.3) is 5.91 Å². The van der Waals surface area contributed by atoms with E-state index >= 15 is 0 Å². The van der Waals surface area contributed by atoms with Gasteiger partial charge in [0.15, 0.2) is 23.0 Å². The van der Waals surface area contributed by atoms with E-state index in [9.17, 15) is 18.4 Å². The van der Waals surface area contributed by atoms with Crippen molar-refractivity contribution in [2.24, 2.45) is 0 Å². The fraction of sp³-hybridized carbons (Fsp3) is 0.409. The molecule has 2 aromatic heterocycles. The van der Waals surface area contributed by atoms with Crippen molar-refractivity contribution in [2.75, 3.05) is 20.2 Å². The van der Waals surface area contributed by atoms with Crippen molar-refractivity contribution >= 4 is 17.1 Å². The lowest BCUT2D eigenvalue weighted by Gasteiger charge is -2.32. The molecule has 1 fully saturated rings. The minimum Gasteiger partial charge on any atom is -0.491 e. The average molecular weight is 432 g/mol. The first-order valence-electron chi connectivity index (χ1n) is 10.2. The number of pyridine rings is 1. The van der Waals surface area contributed by atoms with E-state index in [2.05, 4.69) is 14.7 Å². The molecule has 4 rings (SSSR count). The number of methoxy groups -OCH3 is 1. The summed E-state index contributed by atoms with van der Waals surface area (Å²) in [6.45, 7) is 4.78. The zero-order valence-corrected chi connectivity index (χ0v) is 17.6. The number of carbonyl (C=O) groups is 1. The smallest absolute Gasteiger partial charge is 0.327 e. The van der Waals surface area contributed by atoms with Crippen LogP contribution in [0.1, 0.15) is 56.0 Å². The first-order valence-corrected chi connectivity index (χ1v) is 10.2. The Morgan fingerprint density at radius 2 is 1.90 bits per heavy atom. The number of nitrogens with one attached hydrogen (secondary N) is 1. The minimum atomic E-state index is -0.904. The van der Waals surface area contributed by atoms with Crippen molar-refractivity contribution in [1.29, 1.82) is 0 Å². The number of amides is 1. The number of nitrogens with zero attached hydrogens (tertiary/aromatic N) is 3. The number of ether oxygens (including phenoxy) is 1. The van der Waals surface area contributed by atoms with E-state index < -0.39 is 23.3 Å². The number of fused-ring (bicyclic) bond motifs is 1. The summed E-state index contributed by atoms with van der Waals surface area (Å²) in [6.07, 6.45) is 3.02. The van der Waals surface area contributed by atoms with Gasteiger partial charge in [-0.25, -0.2) is 18.6 Å². The number of piperidine rings is 1. The monoisotopic (exact) mass is 432 g/mol. The largest absolute Gasteiger partial charge is 0.491 e. The first kappa shape index (κ1) is 21.0. The number of hydrogen-bond acceptors (Lipinski definition) is 4. The third-order valence-electron chi connectivity index (χ3n) is 5.83. The Morgan fingerprint density at radius 1 is 1.26 bits per heavy atom. The number of aromatic nitrogens is 3. The number of hydrogen-bond donors (Lipinski definition) is 1. The van der Waals surface area contributed by atoms with Crippen LogP contribution < -0.4 is 10.4 Å². The molecule has 0 aliphatic carbocycles. The summed E-state index contributed by atoms with van der Waals surface area (Å²) in [5.74, 6) is -2.59. The second-order valence-corrected chi connectivity index (χ2v) is 8.03. The SMILES string of the molecule is COc1c(F)cc(C(=O)N2CCC(c3ccnc4[nH]c(=O)n(C(C)C)c34)CC2)cc1F.[HH]. The number of rotatable bonds is 4. The summed E-state index contributed by atoms with van der Waals surface area (Å²) in [7, 11) is 1.17. The molecule has 7 nitrogen and oxygen atoms in total. The van der Waals surface area contributed by atoms with E-state index in [4.69, 9.17) is 0 Å². The number of H-pyrrole nitrogens is 1. The lowest BCUT2D eigenvalue weighted by molar-refractivity contribution is 0.0712. The van der Waals surface area contributed by atoms with Gasteiger partial charge in [0.1, 0.15) is 0 Å². The molecule has 0 spiro atoms. The van der Waals surface area contributed by atoms with Crippen LogP contribution in [0.15, 0.2) is 29.2 Å². The normalized spacial score (nSPS) is 15.1. The maximum Gasteiger partial charge on any atom is 0.327 e. The van der Waals surface area contributed by atoms with Gasteiger partial charge in [-0.15, -0.1) is 0 Å². The van der Waals surface area contributed by atoms with Crippen molar-refractivity contribution in [2.45, 2.75) is 38.6 Å². The molecule has 0 radical (unpaired) electrons. The highest BCUT2D eigenvalue weighted by Gasteiger charge is 2.28. The molecule has 1 aliphatic heterocycles. The number of halogens is 2. The second kappa shape index (κ2) is 8.13. The Kier molecular flexibility index (Phi) is 5.51. The fourth-order valence-corrected chi connectivity index (χ4v) is 4.35. The summed E-state index contributed by atoms with van der Waals surface area (Å²) in [6, 6.07) is 3.91. The molecular weight excluding hydrogens is 406 g/mol. The molecule has 1 amide bonds. The fourth-order valence-electron chi connectivity index (χ4n) is 4.35. The van der Waals surface area contributed by atoms with Crippen LogP contribution in [0.4, 0.5) is 8.78 Å². The van der Waals surface area contributed by atoms with Crippen LogP contribution in [0.25, 0.3) is 11.2 Å². The van der Waals surface area contributed by atoms with E-state index in [-0.39, 0.29) is 24.6 Å². The summed E-state index contributed by atoms with van der Waals surface area (Å²) >= 11 is 0. The van der Waals surface area contributed by atoms with Gasteiger partial charge in [-0.1, -0.05) is 0 Å². The Balaban J connectivity index is 0.00000289. The van der Waals surface area contributed by atoms with E-state index in [0.29, 0.717) is 31.6 Å². The highest BCUT2D eigenvalue weighted by molar-refractivity contribution is 5.94. The molecule has 1 aliphatic rings. The number of imidazole rings is 1. The van der Waals surface area contributed by atoms with Gasteiger partial charge in [0, 0.05) is 32.3 Å². The van der Waals surface area contributed by atoms with Crippen LogP contribution in [0, 0.1) is 11.6 Å². The zero-order chi connectivity index (χ0) is 22.3. The van der Waals surface area contributed by atoms with Gasteiger partial charge < -0.3 is 9.64 Å². The van der Waals surface area contributed by atoms with Crippen molar-refractivity contribution in [3.8, 4) is 5.75 Å². The quantitative estimate of drug-likeness (QED) is 0.679. The average Bonchev–Trinajstić information content (AvgIpc) is 3.09. The first-order chi connectivity index (χ1) is 14.8. The van der Waals surface area contributed by atoms with Crippen LogP contribution in [-0.4, -0.2) is 45.5 Å². The zero-order valence-electron chi connectivity index (χ0n) is 17.6. The van der Waals surface area contributed by atoms with Crippen LogP contribution in [0.2, 0.25) is 0 Å². The topological polar surface area (TPSA) is 80.2 Å². The van der Waals surface area contributed by atoms with Gasteiger partial charge >= 0.3 is 5.69 Å². The van der Waals surface area contributed by atoms with Crippen LogP contribution in [-0.2, 0) is 0 Å².